The van der Waals surface area contributed by atoms with Crippen molar-refractivity contribution >= 4 is 11.6 Å². The first-order chi connectivity index (χ1) is 9.04. The van der Waals surface area contributed by atoms with Gasteiger partial charge in [-0.1, -0.05) is 17.7 Å². The molecule has 2 heterocycles. The molecule has 2 rings (SSSR count). The minimum Gasteiger partial charge on any atom is -0.481 e. The SMILES string of the molecule is COc1cccc(C(O)c2c(Cl)cnn2C(C)C)n1. The van der Waals surface area contributed by atoms with Crippen LogP contribution >= 0.6 is 11.6 Å². The lowest BCUT2D eigenvalue weighted by Gasteiger charge is -2.16. The summed E-state index contributed by atoms with van der Waals surface area (Å²) in [5.41, 5.74) is 1.01. The zero-order valence-electron chi connectivity index (χ0n) is 11.0. The van der Waals surface area contributed by atoms with E-state index >= 15 is 0 Å². The van der Waals surface area contributed by atoms with Crippen molar-refractivity contribution in [2.75, 3.05) is 7.11 Å². The van der Waals surface area contributed by atoms with Crippen LogP contribution in [0.25, 0.3) is 0 Å². The number of ether oxygens (including phenoxy) is 1. The van der Waals surface area contributed by atoms with E-state index in [0.717, 1.165) is 0 Å². The summed E-state index contributed by atoms with van der Waals surface area (Å²) < 4.78 is 6.74. The first-order valence-electron chi connectivity index (χ1n) is 5.96. The van der Waals surface area contributed by atoms with Gasteiger partial charge in [0.1, 0.15) is 6.10 Å². The zero-order chi connectivity index (χ0) is 14.0. The predicted octanol–water partition coefficient (Wildman–Crippen LogP) is 2.60. The Kier molecular flexibility index (Phi) is 4.07. The molecule has 0 saturated heterocycles. The van der Waals surface area contributed by atoms with E-state index < -0.39 is 6.10 Å². The minimum absolute atomic E-state index is 0.0998. The predicted molar refractivity (Wildman–Crippen MR) is 72.5 cm³/mol. The zero-order valence-corrected chi connectivity index (χ0v) is 11.8. The Morgan fingerprint density at radius 2 is 2.11 bits per heavy atom. The van der Waals surface area contributed by atoms with Crippen LogP contribution in [0.1, 0.15) is 37.4 Å². The van der Waals surface area contributed by atoms with Crippen molar-refractivity contribution in [3.8, 4) is 5.88 Å². The van der Waals surface area contributed by atoms with Gasteiger partial charge in [0.05, 0.1) is 29.7 Å². The summed E-state index contributed by atoms with van der Waals surface area (Å²) in [6.45, 7) is 3.94. The number of nitrogens with zero attached hydrogens (tertiary/aromatic N) is 3. The number of halogens is 1. The average Bonchev–Trinajstić information content (AvgIpc) is 2.80. The third-order valence-electron chi connectivity index (χ3n) is 2.77. The summed E-state index contributed by atoms with van der Waals surface area (Å²) in [5, 5.41) is 15.0. The Balaban J connectivity index is 2.43. The molecule has 0 spiro atoms. The van der Waals surface area contributed by atoms with Crippen molar-refractivity contribution in [3.05, 3.63) is 40.8 Å². The number of aliphatic hydroxyl groups excluding tert-OH is 1. The normalized spacial score (nSPS) is 12.7. The highest BCUT2D eigenvalue weighted by molar-refractivity contribution is 6.31. The highest BCUT2D eigenvalue weighted by Gasteiger charge is 2.22. The smallest absolute Gasteiger partial charge is 0.213 e. The van der Waals surface area contributed by atoms with Crippen LogP contribution in [-0.4, -0.2) is 27.0 Å². The van der Waals surface area contributed by atoms with E-state index in [9.17, 15) is 5.11 Å². The summed E-state index contributed by atoms with van der Waals surface area (Å²) >= 11 is 6.11. The molecule has 0 aliphatic carbocycles. The molecule has 0 radical (unpaired) electrons. The Morgan fingerprint density at radius 1 is 1.37 bits per heavy atom. The average molecular weight is 282 g/mol. The summed E-state index contributed by atoms with van der Waals surface area (Å²) in [5.74, 6) is 0.447. The second-order valence-electron chi connectivity index (χ2n) is 4.42. The van der Waals surface area contributed by atoms with Gasteiger partial charge >= 0.3 is 0 Å². The standard InChI is InChI=1S/C13H16ClN3O2/c1-8(2)17-12(9(14)7-15-17)13(18)10-5-4-6-11(16-10)19-3/h4-8,13,18H,1-3H3. The lowest BCUT2D eigenvalue weighted by molar-refractivity contribution is 0.199. The fourth-order valence-electron chi connectivity index (χ4n) is 1.85. The van der Waals surface area contributed by atoms with Crippen LogP contribution in [0.4, 0.5) is 0 Å². The van der Waals surface area contributed by atoms with E-state index in [-0.39, 0.29) is 6.04 Å². The summed E-state index contributed by atoms with van der Waals surface area (Å²) in [6.07, 6.45) is 0.591. The summed E-state index contributed by atoms with van der Waals surface area (Å²) in [6, 6.07) is 5.32. The highest BCUT2D eigenvalue weighted by atomic mass is 35.5. The summed E-state index contributed by atoms with van der Waals surface area (Å²) in [7, 11) is 1.53. The van der Waals surface area contributed by atoms with Gasteiger partial charge in [0.15, 0.2) is 0 Å². The van der Waals surface area contributed by atoms with E-state index in [1.54, 1.807) is 22.9 Å². The van der Waals surface area contributed by atoms with Gasteiger partial charge in [-0.3, -0.25) is 4.68 Å². The molecular weight excluding hydrogens is 266 g/mol. The maximum atomic E-state index is 10.4. The quantitative estimate of drug-likeness (QED) is 0.936. The van der Waals surface area contributed by atoms with E-state index in [2.05, 4.69) is 10.1 Å². The molecule has 1 N–H and O–H groups in total. The number of aromatic nitrogens is 3. The third kappa shape index (κ3) is 2.72. The Hall–Kier alpha value is -1.59. The van der Waals surface area contributed by atoms with E-state index in [1.165, 1.54) is 13.3 Å². The highest BCUT2D eigenvalue weighted by Crippen LogP contribution is 2.29. The summed E-state index contributed by atoms with van der Waals surface area (Å²) in [4.78, 5) is 4.22. The molecule has 1 atom stereocenters. The van der Waals surface area contributed by atoms with Gasteiger partial charge in [0.2, 0.25) is 5.88 Å². The van der Waals surface area contributed by atoms with Gasteiger partial charge in [0.25, 0.3) is 0 Å². The number of hydrogen-bond acceptors (Lipinski definition) is 4. The Labute approximate surface area is 116 Å². The van der Waals surface area contributed by atoms with Crippen LogP contribution in [0.5, 0.6) is 5.88 Å². The van der Waals surface area contributed by atoms with Gasteiger partial charge in [0, 0.05) is 12.1 Å². The van der Waals surface area contributed by atoms with Crippen LogP contribution in [0.15, 0.2) is 24.4 Å². The van der Waals surface area contributed by atoms with Gasteiger partial charge in [-0.05, 0) is 19.9 Å². The van der Waals surface area contributed by atoms with Gasteiger partial charge in [-0.15, -0.1) is 0 Å². The second-order valence-corrected chi connectivity index (χ2v) is 4.83. The molecule has 2 aromatic rings. The van der Waals surface area contributed by atoms with Crippen molar-refractivity contribution in [1.82, 2.24) is 14.8 Å². The molecule has 0 amide bonds. The third-order valence-corrected chi connectivity index (χ3v) is 3.06. The fourth-order valence-corrected chi connectivity index (χ4v) is 2.09. The molecule has 6 heteroatoms. The number of methoxy groups -OCH3 is 1. The lowest BCUT2D eigenvalue weighted by atomic mass is 10.1. The number of rotatable bonds is 4. The van der Waals surface area contributed by atoms with Crippen molar-refractivity contribution in [2.24, 2.45) is 0 Å². The molecule has 5 nitrogen and oxygen atoms in total. The molecule has 0 aliphatic rings. The first kappa shape index (κ1) is 13.8. The number of hydrogen-bond donors (Lipinski definition) is 1. The molecule has 0 saturated carbocycles. The van der Waals surface area contributed by atoms with E-state index in [0.29, 0.717) is 22.3 Å². The van der Waals surface area contributed by atoms with Gasteiger partial charge in [-0.25, -0.2) is 4.98 Å². The monoisotopic (exact) mass is 281 g/mol. The van der Waals surface area contributed by atoms with Crippen molar-refractivity contribution in [1.29, 1.82) is 0 Å². The number of aliphatic hydroxyl groups is 1. The fraction of sp³-hybridized carbons (Fsp3) is 0.385. The van der Waals surface area contributed by atoms with Gasteiger partial charge in [-0.2, -0.15) is 5.10 Å². The van der Waals surface area contributed by atoms with Crippen LogP contribution < -0.4 is 4.74 Å². The molecule has 1 unspecified atom stereocenters. The Morgan fingerprint density at radius 3 is 2.74 bits per heavy atom. The maximum absolute atomic E-state index is 10.4. The van der Waals surface area contributed by atoms with Crippen LogP contribution in [0, 0.1) is 0 Å². The largest absolute Gasteiger partial charge is 0.481 e. The molecule has 0 fully saturated rings. The second kappa shape index (κ2) is 5.59. The minimum atomic E-state index is -0.938. The van der Waals surface area contributed by atoms with E-state index in [1.807, 2.05) is 13.8 Å². The molecule has 2 aromatic heterocycles. The molecule has 0 aliphatic heterocycles. The van der Waals surface area contributed by atoms with Crippen molar-refractivity contribution in [3.63, 3.8) is 0 Å². The van der Waals surface area contributed by atoms with Crippen molar-refractivity contribution in [2.45, 2.75) is 26.0 Å². The van der Waals surface area contributed by atoms with Crippen molar-refractivity contribution < 1.29 is 9.84 Å². The molecule has 19 heavy (non-hydrogen) atoms. The lowest BCUT2D eigenvalue weighted by Crippen LogP contribution is -2.13. The first-order valence-corrected chi connectivity index (χ1v) is 6.34. The molecule has 102 valence electrons. The van der Waals surface area contributed by atoms with Crippen LogP contribution in [0.2, 0.25) is 5.02 Å². The topological polar surface area (TPSA) is 60.2 Å². The van der Waals surface area contributed by atoms with E-state index in [4.69, 9.17) is 16.3 Å². The molecule has 0 aromatic carbocycles. The van der Waals surface area contributed by atoms with Gasteiger partial charge < -0.3 is 9.84 Å². The maximum Gasteiger partial charge on any atom is 0.213 e. The number of pyridine rings is 1. The molecule has 0 bridgehead atoms. The van der Waals surface area contributed by atoms with Crippen LogP contribution in [0.3, 0.4) is 0 Å². The van der Waals surface area contributed by atoms with Crippen LogP contribution in [-0.2, 0) is 0 Å². The Bertz CT molecular complexity index is 569. The molecular formula is C13H16ClN3O2.